The zero-order valence-corrected chi connectivity index (χ0v) is 24.7. The highest BCUT2D eigenvalue weighted by Gasteiger charge is 2.48. The molecule has 1 N–H and O–H groups in total. The number of aromatic nitrogens is 2. The average Bonchev–Trinajstić information content (AvgIpc) is 3.54. The maximum Gasteiger partial charge on any atom is 0.301 e. The van der Waals surface area contributed by atoms with Gasteiger partial charge in [-0.05, 0) is 42.5 Å². The van der Waals surface area contributed by atoms with Gasteiger partial charge in [-0.1, -0.05) is 109 Å². The lowest BCUT2D eigenvalue weighted by molar-refractivity contribution is -0.132. The zero-order valence-electron chi connectivity index (χ0n) is 23.1. The van der Waals surface area contributed by atoms with Crippen molar-refractivity contribution in [1.82, 2.24) is 10.2 Å². The van der Waals surface area contributed by atoms with Crippen LogP contribution in [-0.4, -0.2) is 33.6 Å². The van der Waals surface area contributed by atoms with Crippen molar-refractivity contribution in [2.24, 2.45) is 5.92 Å². The molecule has 1 atom stereocenters. The molecule has 0 spiro atoms. The highest BCUT2D eigenvalue weighted by Crippen LogP contribution is 2.44. The number of amides is 1. The normalized spacial score (nSPS) is 16.5. The number of rotatable bonds is 10. The Bertz CT molecular complexity index is 1570. The minimum absolute atomic E-state index is 0.00636. The molecule has 0 saturated carbocycles. The lowest BCUT2D eigenvalue weighted by atomic mass is 9.95. The molecule has 41 heavy (non-hydrogen) atoms. The van der Waals surface area contributed by atoms with E-state index in [1.54, 1.807) is 12.1 Å². The van der Waals surface area contributed by atoms with Gasteiger partial charge >= 0.3 is 5.91 Å². The fourth-order valence-electron chi connectivity index (χ4n) is 4.48. The van der Waals surface area contributed by atoms with Gasteiger partial charge in [-0.2, -0.15) is 0 Å². The molecule has 1 aliphatic rings. The number of Topliss-reactive ketones (excluding diaryl/α,β-unsaturated/α-hetero) is 1. The third-order valence-electron chi connectivity index (χ3n) is 6.71. The third kappa shape index (κ3) is 6.52. The first-order valence-corrected chi connectivity index (χ1v) is 15.2. The molecule has 1 amide bonds. The molecule has 9 heteroatoms. The Morgan fingerprint density at radius 3 is 2.51 bits per heavy atom. The van der Waals surface area contributed by atoms with Gasteiger partial charge in [0.05, 0.1) is 18.2 Å². The molecule has 0 radical (unpaired) electrons. The number of aliphatic hydroxyl groups excluding tert-OH is 1. The third-order valence-corrected chi connectivity index (χ3v) is 8.84. The highest BCUT2D eigenvalue weighted by atomic mass is 32.2. The van der Waals surface area contributed by atoms with E-state index in [2.05, 4.69) is 24.0 Å². The van der Waals surface area contributed by atoms with Crippen LogP contribution >= 0.6 is 23.1 Å². The number of hydrogen-bond acceptors (Lipinski definition) is 8. The van der Waals surface area contributed by atoms with Crippen LogP contribution in [0.1, 0.15) is 48.6 Å². The van der Waals surface area contributed by atoms with Crippen molar-refractivity contribution in [3.05, 3.63) is 107 Å². The quantitative estimate of drug-likeness (QED) is 0.0692. The number of aliphatic hydroxyl groups is 1. The van der Waals surface area contributed by atoms with Gasteiger partial charge in [0.15, 0.2) is 4.34 Å². The number of carbonyl (C=O) groups excluding carboxylic acids is 2. The summed E-state index contributed by atoms with van der Waals surface area (Å²) in [4.78, 5) is 28.4. The molecule has 4 aromatic rings. The van der Waals surface area contributed by atoms with Crippen molar-refractivity contribution in [2.45, 2.75) is 43.3 Å². The number of ketones is 1. The summed E-state index contributed by atoms with van der Waals surface area (Å²) >= 11 is 2.76. The van der Waals surface area contributed by atoms with E-state index in [0.29, 0.717) is 44.6 Å². The predicted molar refractivity (Wildman–Crippen MR) is 163 cm³/mol. The van der Waals surface area contributed by atoms with Gasteiger partial charge in [0, 0.05) is 11.3 Å². The molecule has 1 saturated heterocycles. The first-order chi connectivity index (χ1) is 19.8. The monoisotopic (exact) mass is 585 g/mol. The summed E-state index contributed by atoms with van der Waals surface area (Å²) in [6.07, 6.45) is 0.893. The van der Waals surface area contributed by atoms with Crippen molar-refractivity contribution >= 4 is 45.7 Å². The van der Waals surface area contributed by atoms with Gasteiger partial charge in [-0.3, -0.25) is 14.5 Å². The van der Waals surface area contributed by atoms with Crippen LogP contribution in [0.2, 0.25) is 0 Å². The number of thioether (sulfide) groups is 1. The van der Waals surface area contributed by atoms with Crippen molar-refractivity contribution in [1.29, 1.82) is 0 Å². The molecule has 1 unspecified atom stereocenters. The molecule has 5 rings (SSSR count). The Kier molecular flexibility index (Phi) is 8.85. The van der Waals surface area contributed by atoms with E-state index in [1.165, 1.54) is 28.0 Å². The Labute approximate surface area is 247 Å². The second-order valence-corrected chi connectivity index (χ2v) is 12.4. The first kappa shape index (κ1) is 28.6. The highest BCUT2D eigenvalue weighted by molar-refractivity contribution is 8.00. The molecule has 1 fully saturated rings. The summed E-state index contributed by atoms with van der Waals surface area (Å²) in [5, 5.41) is 20.3. The van der Waals surface area contributed by atoms with Crippen LogP contribution in [0.4, 0.5) is 5.13 Å². The summed E-state index contributed by atoms with van der Waals surface area (Å²) in [5.74, 6) is 0.0520. The summed E-state index contributed by atoms with van der Waals surface area (Å²) in [6.45, 7) is 6.75. The Balaban J connectivity index is 1.53. The number of aryl methyl sites for hydroxylation is 1. The van der Waals surface area contributed by atoms with Crippen LogP contribution in [0.5, 0.6) is 5.75 Å². The maximum atomic E-state index is 13.5. The molecule has 210 valence electrons. The lowest BCUT2D eigenvalue weighted by Gasteiger charge is -2.23. The van der Waals surface area contributed by atoms with Crippen molar-refractivity contribution in [3.8, 4) is 5.75 Å². The molecule has 3 aromatic carbocycles. The minimum atomic E-state index is -0.898. The first-order valence-electron chi connectivity index (χ1n) is 13.4. The van der Waals surface area contributed by atoms with E-state index in [4.69, 9.17) is 4.74 Å². The molecule has 0 aliphatic carbocycles. The lowest BCUT2D eigenvalue weighted by Crippen LogP contribution is -2.29. The number of ether oxygens (including phenoxy) is 1. The average molecular weight is 586 g/mol. The molecule has 7 nitrogen and oxygen atoms in total. The van der Waals surface area contributed by atoms with E-state index in [1.807, 2.05) is 73.7 Å². The molecule has 2 heterocycles. The molecule has 1 aliphatic heterocycles. The number of nitrogens with zero attached hydrogens (tertiary/aromatic N) is 3. The number of carbonyl (C=O) groups is 2. The standard InChI is InChI=1S/C32H31N3O4S2/c1-20(2)16-17-39-25-11-7-10-24(18-25)27-26(28(36)23-14-12-21(3)13-15-23)29(37)30(38)35(27)31-33-34-32(41-31)40-19-22-8-5-4-6-9-22/h4-15,18,20,27,36H,16-17,19H2,1-3H3/b28-26+. The van der Waals surface area contributed by atoms with Gasteiger partial charge in [0.1, 0.15) is 11.5 Å². The van der Waals surface area contributed by atoms with Crippen LogP contribution in [0, 0.1) is 12.8 Å². The zero-order chi connectivity index (χ0) is 28.9. The number of anilines is 1. The van der Waals surface area contributed by atoms with Crippen LogP contribution in [0.3, 0.4) is 0 Å². The van der Waals surface area contributed by atoms with Crippen molar-refractivity contribution < 1.29 is 19.4 Å². The second kappa shape index (κ2) is 12.7. The maximum absolute atomic E-state index is 13.5. The van der Waals surface area contributed by atoms with E-state index >= 15 is 0 Å². The summed E-state index contributed by atoms with van der Waals surface area (Å²) in [7, 11) is 0. The van der Waals surface area contributed by atoms with E-state index in [9.17, 15) is 14.7 Å². The van der Waals surface area contributed by atoms with E-state index < -0.39 is 17.7 Å². The van der Waals surface area contributed by atoms with Crippen LogP contribution in [0.25, 0.3) is 5.76 Å². The van der Waals surface area contributed by atoms with E-state index in [-0.39, 0.29) is 11.3 Å². The van der Waals surface area contributed by atoms with Gasteiger partial charge in [0.25, 0.3) is 5.78 Å². The fourth-order valence-corrected chi connectivity index (χ4v) is 6.30. The number of hydrogen-bond donors (Lipinski definition) is 1. The molecule has 0 bridgehead atoms. The Hall–Kier alpha value is -3.95. The van der Waals surface area contributed by atoms with Gasteiger partial charge in [-0.15, -0.1) is 10.2 Å². The summed E-state index contributed by atoms with van der Waals surface area (Å²) in [6, 6.07) is 23.6. The second-order valence-electron chi connectivity index (χ2n) is 10.3. The Morgan fingerprint density at radius 1 is 1.02 bits per heavy atom. The predicted octanol–water partition coefficient (Wildman–Crippen LogP) is 7.19. The van der Waals surface area contributed by atoms with Crippen molar-refractivity contribution in [2.75, 3.05) is 11.5 Å². The van der Waals surface area contributed by atoms with Gasteiger partial charge < -0.3 is 9.84 Å². The van der Waals surface area contributed by atoms with Crippen LogP contribution in [-0.2, 0) is 15.3 Å². The van der Waals surface area contributed by atoms with E-state index in [0.717, 1.165) is 17.5 Å². The fraction of sp³-hybridized carbons (Fsp3) is 0.250. The van der Waals surface area contributed by atoms with Gasteiger partial charge in [0.2, 0.25) is 5.13 Å². The largest absolute Gasteiger partial charge is 0.507 e. The Morgan fingerprint density at radius 2 is 1.78 bits per heavy atom. The smallest absolute Gasteiger partial charge is 0.301 e. The van der Waals surface area contributed by atoms with Crippen LogP contribution < -0.4 is 9.64 Å². The summed E-state index contributed by atoms with van der Waals surface area (Å²) in [5.41, 5.74) is 3.25. The number of benzene rings is 3. The topological polar surface area (TPSA) is 92.6 Å². The molecular weight excluding hydrogens is 555 g/mol. The molecule has 1 aromatic heterocycles. The SMILES string of the molecule is Cc1ccc(/C(O)=C2\C(=O)C(=O)N(c3nnc(SCc4ccccc4)s3)C2c2cccc(OCCC(C)C)c2)cc1. The summed E-state index contributed by atoms with van der Waals surface area (Å²) < 4.78 is 6.66. The van der Waals surface area contributed by atoms with Crippen LogP contribution in [0.15, 0.2) is 88.8 Å². The van der Waals surface area contributed by atoms with Crippen molar-refractivity contribution in [3.63, 3.8) is 0 Å². The molecular formula is C32H31N3O4S2. The van der Waals surface area contributed by atoms with Gasteiger partial charge in [-0.25, -0.2) is 0 Å². The minimum Gasteiger partial charge on any atom is -0.507 e.